The van der Waals surface area contributed by atoms with Crippen molar-refractivity contribution in [2.24, 2.45) is 7.05 Å². The molecule has 4 aromatic rings. The fourth-order valence-electron chi connectivity index (χ4n) is 4.16. The minimum absolute atomic E-state index is 0.0750. The third-order valence-corrected chi connectivity index (χ3v) is 6.20. The number of anilines is 3. The minimum atomic E-state index is -0.999. The molecule has 2 N–H and O–H groups in total. The summed E-state index contributed by atoms with van der Waals surface area (Å²) in [5.41, 5.74) is 3.05. The lowest BCUT2D eigenvalue weighted by atomic mass is 10.1. The number of nitro groups is 1. The van der Waals surface area contributed by atoms with Crippen LogP contribution in [0.15, 0.2) is 48.8 Å². The summed E-state index contributed by atoms with van der Waals surface area (Å²) >= 11 is 0. The topological polar surface area (TPSA) is 139 Å². The second kappa shape index (κ2) is 10.7. The van der Waals surface area contributed by atoms with E-state index in [1.807, 2.05) is 41.7 Å². The number of likely N-dealkylation sites (N-methyl/N-ethyl adjacent to an activating group) is 2. The molecule has 0 fully saturated rings. The first-order chi connectivity index (χ1) is 18.1. The molecule has 2 heterocycles. The summed E-state index contributed by atoms with van der Waals surface area (Å²) in [6, 6.07) is 9.71. The Morgan fingerprint density at radius 1 is 1.18 bits per heavy atom. The van der Waals surface area contributed by atoms with Crippen LogP contribution in [0.3, 0.4) is 0 Å². The molecule has 0 amide bonds. The summed E-state index contributed by atoms with van der Waals surface area (Å²) in [4.78, 5) is 35.6. The van der Waals surface area contributed by atoms with Crippen LogP contribution in [0.25, 0.3) is 22.2 Å². The first-order valence-electron chi connectivity index (χ1n) is 11.7. The van der Waals surface area contributed by atoms with Crippen LogP contribution < -0.4 is 15.0 Å². The van der Waals surface area contributed by atoms with Gasteiger partial charge < -0.3 is 29.5 Å². The van der Waals surface area contributed by atoms with Crippen molar-refractivity contribution in [2.75, 3.05) is 51.6 Å². The van der Waals surface area contributed by atoms with Crippen LogP contribution in [0.2, 0.25) is 0 Å². The number of hydrogen-bond donors (Lipinski definition) is 2. The van der Waals surface area contributed by atoms with Gasteiger partial charge in [0, 0.05) is 68.2 Å². The Labute approximate surface area is 219 Å². The van der Waals surface area contributed by atoms with Crippen LogP contribution in [0.4, 0.5) is 23.0 Å². The molecule has 2 aromatic carbocycles. The maximum atomic E-state index is 11.9. The number of aromatic carboxylic acids is 1. The highest BCUT2D eigenvalue weighted by atomic mass is 16.6. The molecule has 198 valence electrons. The Balaban J connectivity index is 1.70. The van der Waals surface area contributed by atoms with Gasteiger partial charge in [0.05, 0.1) is 29.0 Å². The Hall–Kier alpha value is -4.71. The highest BCUT2D eigenvalue weighted by Crippen LogP contribution is 2.39. The molecule has 0 saturated heterocycles. The molecule has 0 aliphatic rings. The molecule has 38 heavy (non-hydrogen) atoms. The third-order valence-electron chi connectivity index (χ3n) is 6.20. The van der Waals surface area contributed by atoms with Crippen molar-refractivity contribution in [3.05, 3.63) is 64.5 Å². The van der Waals surface area contributed by atoms with E-state index in [0.29, 0.717) is 29.4 Å². The summed E-state index contributed by atoms with van der Waals surface area (Å²) in [7, 11) is 9.01. The summed E-state index contributed by atoms with van der Waals surface area (Å²) in [6.45, 7) is 1.32. The lowest BCUT2D eigenvalue weighted by molar-refractivity contribution is -0.384. The van der Waals surface area contributed by atoms with Gasteiger partial charge >= 0.3 is 5.97 Å². The van der Waals surface area contributed by atoms with Crippen LogP contribution >= 0.6 is 0 Å². The molecule has 0 spiro atoms. The number of ether oxygens (including phenoxy) is 1. The first kappa shape index (κ1) is 26.4. The maximum Gasteiger partial charge on any atom is 0.335 e. The molecule has 12 nitrogen and oxygen atoms in total. The molecule has 0 atom stereocenters. The highest BCUT2D eigenvalue weighted by molar-refractivity contribution is 5.99. The van der Waals surface area contributed by atoms with Gasteiger partial charge in [-0.1, -0.05) is 6.07 Å². The number of methoxy groups -OCH3 is 1. The number of nitrogens with zero attached hydrogens (tertiary/aromatic N) is 6. The van der Waals surface area contributed by atoms with E-state index < -0.39 is 10.9 Å². The first-order valence-corrected chi connectivity index (χ1v) is 11.7. The molecule has 12 heteroatoms. The van der Waals surface area contributed by atoms with Crippen LogP contribution in [-0.2, 0) is 7.05 Å². The highest BCUT2D eigenvalue weighted by Gasteiger charge is 2.22. The zero-order chi connectivity index (χ0) is 27.6. The Morgan fingerprint density at radius 2 is 1.95 bits per heavy atom. The number of nitrogens with one attached hydrogen (secondary N) is 1. The number of carbonyl (C=O) groups is 1. The van der Waals surface area contributed by atoms with Gasteiger partial charge in [0.25, 0.3) is 5.69 Å². The van der Waals surface area contributed by atoms with E-state index in [9.17, 15) is 20.0 Å². The Bertz CT molecular complexity index is 1520. The molecule has 0 saturated carbocycles. The Morgan fingerprint density at radius 3 is 2.61 bits per heavy atom. The normalized spacial score (nSPS) is 11.1. The largest absolute Gasteiger partial charge is 0.494 e. The van der Waals surface area contributed by atoms with Crippen molar-refractivity contribution >= 4 is 39.9 Å². The predicted octanol–water partition coefficient (Wildman–Crippen LogP) is 3.99. The van der Waals surface area contributed by atoms with E-state index in [0.717, 1.165) is 23.0 Å². The lowest BCUT2D eigenvalue weighted by Crippen LogP contribution is -2.28. The number of benzene rings is 2. The predicted molar refractivity (Wildman–Crippen MR) is 146 cm³/mol. The van der Waals surface area contributed by atoms with Crippen LogP contribution in [0.5, 0.6) is 5.75 Å². The van der Waals surface area contributed by atoms with Gasteiger partial charge in [-0.2, -0.15) is 0 Å². The number of aromatic nitrogens is 3. The van der Waals surface area contributed by atoms with E-state index in [4.69, 9.17) is 4.74 Å². The number of carboxylic acid groups (broad SMARTS) is 1. The molecule has 0 aliphatic carbocycles. The van der Waals surface area contributed by atoms with Crippen molar-refractivity contribution in [1.29, 1.82) is 0 Å². The van der Waals surface area contributed by atoms with Gasteiger partial charge in [0.2, 0.25) is 5.95 Å². The van der Waals surface area contributed by atoms with E-state index in [1.54, 1.807) is 43.6 Å². The molecular formula is C26H29N7O5. The van der Waals surface area contributed by atoms with Crippen molar-refractivity contribution < 1.29 is 19.6 Å². The molecule has 0 bridgehead atoms. The van der Waals surface area contributed by atoms with E-state index in [1.165, 1.54) is 13.2 Å². The van der Waals surface area contributed by atoms with Gasteiger partial charge in [-0.25, -0.2) is 14.8 Å². The van der Waals surface area contributed by atoms with Gasteiger partial charge in [0.1, 0.15) is 11.4 Å². The minimum Gasteiger partial charge on any atom is -0.494 e. The average molecular weight is 520 g/mol. The maximum absolute atomic E-state index is 11.9. The van der Waals surface area contributed by atoms with E-state index in [-0.39, 0.29) is 17.2 Å². The van der Waals surface area contributed by atoms with Crippen molar-refractivity contribution in [2.45, 2.75) is 0 Å². The van der Waals surface area contributed by atoms with Crippen LogP contribution in [0.1, 0.15) is 10.4 Å². The second-order valence-corrected chi connectivity index (χ2v) is 9.10. The number of nitro benzene ring substituents is 1. The molecule has 0 radical (unpaired) electrons. The van der Waals surface area contributed by atoms with Crippen molar-refractivity contribution in [3.8, 4) is 17.0 Å². The van der Waals surface area contributed by atoms with Crippen LogP contribution in [-0.4, -0.2) is 76.8 Å². The number of hydrogen-bond acceptors (Lipinski definition) is 9. The molecular weight excluding hydrogens is 490 g/mol. The van der Waals surface area contributed by atoms with Crippen molar-refractivity contribution in [3.63, 3.8) is 0 Å². The van der Waals surface area contributed by atoms with E-state index in [2.05, 4.69) is 15.3 Å². The zero-order valence-corrected chi connectivity index (χ0v) is 21.8. The van der Waals surface area contributed by atoms with Gasteiger partial charge in [-0.3, -0.25) is 10.1 Å². The quantitative estimate of drug-likeness (QED) is 0.233. The Kier molecular flexibility index (Phi) is 7.44. The molecule has 4 rings (SSSR count). The molecule has 0 unspecified atom stereocenters. The van der Waals surface area contributed by atoms with Gasteiger partial charge in [-0.15, -0.1) is 0 Å². The summed E-state index contributed by atoms with van der Waals surface area (Å²) < 4.78 is 7.38. The summed E-state index contributed by atoms with van der Waals surface area (Å²) in [5, 5.41) is 25.2. The van der Waals surface area contributed by atoms with Gasteiger partial charge in [-0.05, 0) is 32.3 Å². The van der Waals surface area contributed by atoms with Crippen molar-refractivity contribution in [1.82, 2.24) is 19.4 Å². The zero-order valence-electron chi connectivity index (χ0n) is 21.8. The molecule has 0 aliphatic heterocycles. The fraction of sp³-hybridized carbons (Fsp3) is 0.269. The average Bonchev–Trinajstić information content (AvgIpc) is 3.22. The van der Waals surface area contributed by atoms with E-state index >= 15 is 0 Å². The fourth-order valence-corrected chi connectivity index (χ4v) is 4.16. The second-order valence-electron chi connectivity index (χ2n) is 9.10. The number of aryl methyl sites for hydroxylation is 1. The monoisotopic (exact) mass is 519 g/mol. The number of rotatable bonds is 10. The van der Waals surface area contributed by atoms with Crippen LogP contribution in [0, 0.1) is 10.1 Å². The van der Waals surface area contributed by atoms with Gasteiger partial charge in [0.15, 0.2) is 0 Å². The standard InChI is InChI=1S/C26H29N7O5/c1-30(2)10-11-31(3)22-14-24(38-5)20(13-23(22)33(36)37)29-26-27-9-8-19(28-26)18-15-32(4)21-12-16(25(34)35)6-7-17(18)21/h6-9,12-15H,10-11H2,1-5H3,(H,34,35)(H,27,28,29). The molecule has 2 aromatic heterocycles. The third kappa shape index (κ3) is 5.34. The summed E-state index contributed by atoms with van der Waals surface area (Å²) in [5.74, 6) is -0.369. The lowest BCUT2D eigenvalue weighted by Gasteiger charge is -2.22. The smallest absolute Gasteiger partial charge is 0.335 e. The summed E-state index contributed by atoms with van der Waals surface area (Å²) in [6.07, 6.45) is 3.45. The number of fused-ring (bicyclic) bond motifs is 1. The number of carboxylic acids is 1. The SMILES string of the molecule is COc1cc(N(C)CCN(C)C)c([N+](=O)[O-])cc1Nc1nccc(-c2cn(C)c3cc(C(=O)O)ccc23)n1.